The Balaban J connectivity index is 2.07. The van der Waals surface area contributed by atoms with Crippen LogP contribution in [0, 0.1) is 6.92 Å². The maximum Gasteiger partial charge on any atom is 0.224 e. The third-order valence-corrected chi connectivity index (χ3v) is 2.70. The summed E-state index contributed by atoms with van der Waals surface area (Å²) in [5.74, 6) is 1.43. The highest BCUT2D eigenvalue weighted by molar-refractivity contribution is 5.84. The van der Waals surface area contributed by atoms with Crippen LogP contribution in [0.25, 0.3) is 10.9 Å². The van der Waals surface area contributed by atoms with Crippen molar-refractivity contribution in [2.24, 2.45) is 0 Å². The summed E-state index contributed by atoms with van der Waals surface area (Å²) >= 11 is 0. The average molecular weight is 252 g/mol. The molecule has 94 valence electrons. The van der Waals surface area contributed by atoms with Crippen molar-refractivity contribution in [3.05, 3.63) is 48.4 Å². The highest BCUT2D eigenvalue weighted by Crippen LogP contribution is 2.27. The van der Waals surface area contributed by atoms with Crippen LogP contribution in [-0.2, 0) is 0 Å². The second kappa shape index (κ2) is 4.53. The zero-order valence-corrected chi connectivity index (χ0v) is 10.4. The van der Waals surface area contributed by atoms with Crippen molar-refractivity contribution >= 4 is 16.7 Å². The molecule has 0 bridgehead atoms. The van der Waals surface area contributed by atoms with E-state index in [2.05, 4.69) is 15.0 Å². The molecular weight excluding hydrogens is 240 g/mol. The fourth-order valence-electron chi connectivity index (χ4n) is 1.82. The highest BCUT2D eigenvalue weighted by Gasteiger charge is 2.06. The van der Waals surface area contributed by atoms with Crippen molar-refractivity contribution in [2.75, 3.05) is 5.73 Å². The number of nitrogens with zero attached hydrogens (tertiary/aromatic N) is 3. The number of nitrogen functional groups attached to an aromatic ring is 1. The Bertz CT molecular complexity index is 742. The molecule has 2 heterocycles. The predicted molar refractivity (Wildman–Crippen MR) is 73.0 cm³/mol. The van der Waals surface area contributed by atoms with E-state index in [9.17, 15) is 0 Å². The quantitative estimate of drug-likeness (QED) is 0.759. The van der Waals surface area contributed by atoms with Crippen molar-refractivity contribution in [2.45, 2.75) is 6.92 Å². The number of hydrogen-bond donors (Lipinski definition) is 1. The van der Waals surface area contributed by atoms with Gasteiger partial charge in [-0.15, -0.1) is 0 Å². The third-order valence-electron chi connectivity index (χ3n) is 2.70. The van der Waals surface area contributed by atoms with Gasteiger partial charge in [0.2, 0.25) is 5.88 Å². The molecule has 19 heavy (non-hydrogen) atoms. The van der Waals surface area contributed by atoms with Gasteiger partial charge < -0.3 is 10.5 Å². The van der Waals surface area contributed by atoms with Crippen LogP contribution in [0.15, 0.2) is 42.7 Å². The van der Waals surface area contributed by atoms with Crippen LogP contribution < -0.4 is 10.5 Å². The van der Waals surface area contributed by atoms with Crippen LogP contribution in [-0.4, -0.2) is 15.0 Å². The number of anilines is 1. The molecule has 1 aromatic carbocycles. The number of fused-ring (bicyclic) bond motifs is 1. The predicted octanol–water partition coefficient (Wildman–Crippen LogP) is 2.71. The number of hydrogen-bond acceptors (Lipinski definition) is 5. The Morgan fingerprint density at radius 3 is 2.84 bits per heavy atom. The maximum atomic E-state index is 5.73. The van der Waals surface area contributed by atoms with E-state index in [1.165, 1.54) is 6.33 Å². The van der Waals surface area contributed by atoms with Crippen LogP contribution in [0.5, 0.6) is 11.6 Å². The molecular formula is C14H12N4O. The molecule has 0 unspecified atom stereocenters. The summed E-state index contributed by atoms with van der Waals surface area (Å²) in [7, 11) is 0. The molecule has 0 amide bonds. The van der Waals surface area contributed by atoms with E-state index in [4.69, 9.17) is 10.5 Å². The first-order valence-corrected chi connectivity index (χ1v) is 5.84. The number of aromatic nitrogens is 3. The average Bonchev–Trinajstić information content (AvgIpc) is 2.39. The summed E-state index contributed by atoms with van der Waals surface area (Å²) in [6, 6.07) is 11.3. The summed E-state index contributed by atoms with van der Waals surface area (Å²) in [5.41, 5.74) is 7.34. The van der Waals surface area contributed by atoms with Crippen LogP contribution in [0.1, 0.15) is 5.69 Å². The molecule has 3 aromatic rings. The lowest BCUT2D eigenvalue weighted by Gasteiger charge is -2.08. The lowest BCUT2D eigenvalue weighted by molar-refractivity contribution is 0.466. The Labute approximate surface area is 110 Å². The molecule has 5 nitrogen and oxygen atoms in total. The van der Waals surface area contributed by atoms with E-state index in [-0.39, 0.29) is 0 Å². The zero-order valence-electron chi connectivity index (χ0n) is 10.4. The van der Waals surface area contributed by atoms with Crippen LogP contribution in [0.4, 0.5) is 5.82 Å². The molecule has 0 spiro atoms. The van der Waals surface area contributed by atoms with E-state index >= 15 is 0 Å². The smallest absolute Gasteiger partial charge is 0.224 e. The fourth-order valence-corrected chi connectivity index (χ4v) is 1.82. The third kappa shape index (κ3) is 2.30. The molecule has 0 radical (unpaired) electrons. The lowest BCUT2D eigenvalue weighted by Crippen LogP contribution is -1.95. The van der Waals surface area contributed by atoms with E-state index in [1.54, 1.807) is 6.07 Å². The molecule has 3 rings (SSSR count). The van der Waals surface area contributed by atoms with E-state index in [1.807, 2.05) is 37.3 Å². The van der Waals surface area contributed by atoms with Crippen LogP contribution in [0.3, 0.4) is 0 Å². The molecule has 0 atom stereocenters. The van der Waals surface area contributed by atoms with E-state index in [0.717, 1.165) is 16.6 Å². The molecule has 2 aromatic heterocycles. The van der Waals surface area contributed by atoms with Gasteiger partial charge in [-0.3, -0.25) is 0 Å². The van der Waals surface area contributed by atoms with Gasteiger partial charge in [-0.1, -0.05) is 18.2 Å². The first-order chi connectivity index (χ1) is 9.22. The van der Waals surface area contributed by atoms with Crippen molar-refractivity contribution in [3.8, 4) is 11.6 Å². The number of para-hydroxylation sites is 1. The van der Waals surface area contributed by atoms with Gasteiger partial charge in [-0.2, -0.15) is 0 Å². The van der Waals surface area contributed by atoms with Gasteiger partial charge in [0.1, 0.15) is 17.7 Å². The normalized spacial score (nSPS) is 10.6. The Kier molecular flexibility index (Phi) is 2.72. The maximum absolute atomic E-state index is 5.73. The summed E-state index contributed by atoms with van der Waals surface area (Å²) in [6.07, 6.45) is 1.37. The topological polar surface area (TPSA) is 73.9 Å². The van der Waals surface area contributed by atoms with Gasteiger partial charge in [0.25, 0.3) is 0 Å². The number of rotatable bonds is 2. The zero-order chi connectivity index (χ0) is 13.2. The summed E-state index contributed by atoms with van der Waals surface area (Å²) in [6.45, 7) is 1.94. The molecule has 0 aliphatic carbocycles. The van der Waals surface area contributed by atoms with Crippen molar-refractivity contribution in [1.82, 2.24) is 15.0 Å². The monoisotopic (exact) mass is 252 g/mol. The van der Waals surface area contributed by atoms with Gasteiger partial charge in [-0.25, -0.2) is 15.0 Å². The van der Waals surface area contributed by atoms with Gasteiger partial charge >= 0.3 is 0 Å². The Morgan fingerprint density at radius 2 is 2.00 bits per heavy atom. The van der Waals surface area contributed by atoms with E-state index < -0.39 is 0 Å². The van der Waals surface area contributed by atoms with Crippen LogP contribution >= 0.6 is 0 Å². The molecule has 5 heteroatoms. The highest BCUT2D eigenvalue weighted by atomic mass is 16.5. The minimum Gasteiger partial charge on any atom is -0.437 e. The van der Waals surface area contributed by atoms with E-state index in [0.29, 0.717) is 17.4 Å². The molecule has 0 aliphatic rings. The Morgan fingerprint density at radius 1 is 1.11 bits per heavy atom. The molecule has 0 aliphatic heterocycles. The van der Waals surface area contributed by atoms with Crippen molar-refractivity contribution < 1.29 is 4.74 Å². The lowest BCUT2D eigenvalue weighted by atomic mass is 10.2. The second-order valence-corrected chi connectivity index (χ2v) is 4.16. The minimum absolute atomic E-state index is 0.370. The Hall–Kier alpha value is -2.69. The SMILES string of the molecule is Cc1ccc2cccc(Oc3cc(N)ncn3)c2n1. The number of nitrogens with two attached hydrogens (primary N) is 1. The summed E-state index contributed by atoms with van der Waals surface area (Å²) < 4.78 is 5.73. The van der Waals surface area contributed by atoms with Crippen molar-refractivity contribution in [1.29, 1.82) is 0 Å². The number of aryl methyl sites for hydroxylation is 1. The fraction of sp³-hybridized carbons (Fsp3) is 0.0714. The van der Waals surface area contributed by atoms with Gasteiger partial charge in [0.15, 0.2) is 5.75 Å². The summed E-state index contributed by atoms with van der Waals surface area (Å²) in [4.78, 5) is 12.3. The number of benzene rings is 1. The standard InChI is InChI=1S/C14H12N4O/c1-9-5-6-10-3-2-4-11(14(10)18-9)19-13-7-12(15)16-8-17-13/h2-8H,1H3,(H2,15,16,17). The van der Waals surface area contributed by atoms with Gasteiger partial charge in [0, 0.05) is 17.1 Å². The van der Waals surface area contributed by atoms with Crippen molar-refractivity contribution in [3.63, 3.8) is 0 Å². The molecule has 0 saturated carbocycles. The van der Waals surface area contributed by atoms with Gasteiger partial charge in [0.05, 0.1) is 0 Å². The molecule has 2 N–H and O–H groups in total. The molecule has 0 fully saturated rings. The minimum atomic E-state index is 0.370. The molecule has 0 saturated heterocycles. The second-order valence-electron chi connectivity index (χ2n) is 4.16. The summed E-state index contributed by atoms with van der Waals surface area (Å²) in [5, 5.41) is 1.02. The first-order valence-electron chi connectivity index (χ1n) is 5.84. The number of ether oxygens (including phenoxy) is 1. The largest absolute Gasteiger partial charge is 0.437 e. The number of pyridine rings is 1. The first kappa shape index (κ1) is 11.4. The van der Waals surface area contributed by atoms with Gasteiger partial charge in [-0.05, 0) is 19.1 Å². The van der Waals surface area contributed by atoms with Crippen LogP contribution in [0.2, 0.25) is 0 Å².